The third-order valence-electron chi connectivity index (χ3n) is 5.43. The molecule has 1 aliphatic carbocycles. The molecule has 0 bridgehead atoms. The van der Waals surface area contributed by atoms with E-state index in [1.807, 2.05) is 18.2 Å². The largest absolute Gasteiger partial charge is 0.506 e. The Balaban J connectivity index is 1.82. The van der Waals surface area contributed by atoms with Gasteiger partial charge in [0.15, 0.2) is 5.78 Å². The van der Waals surface area contributed by atoms with Gasteiger partial charge in [-0.15, -0.1) is 0 Å². The third kappa shape index (κ3) is 3.96. The van der Waals surface area contributed by atoms with Gasteiger partial charge in [0.2, 0.25) is 0 Å². The molecule has 1 fully saturated rings. The van der Waals surface area contributed by atoms with Crippen molar-refractivity contribution < 1.29 is 14.3 Å². The molecule has 1 heterocycles. The van der Waals surface area contributed by atoms with Crippen molar-refractivity contribution in [3.8, 4) is 5.75 Å². The Kier molecular flexibility index (Phi) is 6.00. The molecular formula is C22H19Br3O3. The Labute approximate surface area is 188 Å². The van der Waals surface area contributed by atoms with E-state index in [0.717, 1.165) is 27.6 Å². The zero-order chi connectivity index (χ0) is 19.8. The minimum Gasteiger partial charge on any atom is -0.506 e. The minimum absolute atomic E-state index is 0.0822. The van der Waals surface area contributed by atoms with Gasteiger partial charge in [0.25, 0.3) is 0 Å². The molecule has 0 saturated heterocycles. The number of fused-ring (bicyclic) bond motifs is 1. The van der Waals surface area contributed by atoms with Crippen molar-refractivity contribution in [2.45, 2.75) is 38.5 Å². The van der Waals surface area contributed by atoms with E-state index in [1.54, 1.807) is 12.1 Å². The Bertz CT molecular complexity index is 1030. The maximum absolute atomic E-state index is 13.5. The first-order valence-corrected chi connectivity index (χ1v) is 11.8. The number of furan rings is 1. The number of benzene rings is 2. The molecule has 0 aliphatic heterocycles. The van der Waals surface area contributed by atoms with Gasteiger partial charge in [-0.2, -0.15) is 0 Å². The molecule has 146 valence electrons. The fraction of sp³-hybridized carbons (Fsp3) is 0.318. The van der Waals surface area contributed by atoms with Gasteiger partial charge in [-0.1, -0.05) is 48.0 Å². The summed E-state index contributed by atoms with van der Waals surface area (Å²) < 4.78 is 8.04. The number of hydrogen-bond acceptors (Lipinski definition) is 3. The quantitative estimate of drug-likeness (QED) is 0.326. The first kappa shape index (κ1) is 20.2. The highest BCUT2D eigenvalue weighted by Crippen LogP contribution is 2.37. The standard InChI is InChI=1S/C22H19Br3O3/c23-14-6-7-18-15(11-14)20(19(28-18)8-12-4-2-1-3-5-12)21(26)13-9-16(24)22(27)17(25)10-13/h6-7,9-12,27H,1-5,8H2. The normalized spacial score (nSPS) is 15.2. The molecule has 0 atom stereocenters. The van der Waals surface area contributed by atoms with Gasteiger partial charge in [0.05, 0.1) is 14.5 Å². The van der Waals surface area contributed by atoms with Crippen molar-refractivity contribution in [3.63, 3.8) is 0 Å². The molecule has 4 rings (SSSR count). The molecule has 6 heteroatoms. The summed E-state index contributed by atoms with van der Waals surface area (Å²) in [5.74, 6) is 1.32. The van der Waals surface area contributed by atoms with Crippen LogP contribution < -0.4 is 0 Å². The summed E-state index contributed by atoms with van der Waals surface area (Å²) in [7, 11) is 0. The van der Waals surface area contributed by atoms with E-state index in [4.69, 9.17) is 4.42 Å². The van der Waals surface area contributed by atoms with E-state index in [9.17, 15) is 9.90 Å². The molecule has 1 N–H and O–H groups in total. The van der Waals surface area contributed by atoms with Crippen molar-refractivity contribution in [2.24, 2.45) is 5.92 Å². The van der Waals surface area contributed by atoms with Crippen LogP contribution in [0.5, 0.6) is 5.75 Å². The van der Waals surface area contributed by atoms with Crippen LogP contribution in [0.25, 0.3) is 11.0 Å². The van der Waals surface area contributed by atoms with Gasteiger partial charge < -0.3 is 9.52 Å². The molecule has 3 aromatic rings. The molecule has 0 amide bonds. The fourth-order valence-corrected chi connectivity index (χ4v) is 5.56. The smallest absolute Gasteiger partial charge is 0.197 e. The zero-order valence-electron chi connectivity index (χ0n) is 15.1. The van der Waals surface area contributed by atoms with Crippen molar-refractivity contribution in [1.29, 1.82) is 0 Å². The Hall–Kier alpha value is -1.11. The average Bonchev–Trinajstić information content (AvgIpc) is 3.02. The second kappa shape index (κ2) is 8.33. The lowest BCUT2D eigenvalue weighted by atomic mass is 9.85. The zero-order valence-corrected chi connectivity index (χ0v) is 19.9. The van der Waals surface area contributed by atoms with Crippen LogP contribution in [-0.2, 0) is 6.42 Å². The highest BCUT2D eigenvalue weighted by molar-refractivity contribution is 9.11. The molecule has 0 spiro atoms. The predicted molar refractivity (Wildman–Crippen MR) is 121 cm³/mol. The average molecular weight is 571 g/mol. The van der Waals surface area contributed by atoms with Gasteiger partial charge in [-0.05, 0) is 68.1 Å². The van der Waals surface area contributed by atoms with Crippen molar-refractivity contribution in [3.05, 3.63) is 60.6 Å². The van der Waals surface area contributed by atoms with E-state index in [-0.39, 0.29) is 11.5 Å². The molecule has 0 unspecified atom stereocenters. The summed E-state index contributed by atoms with van der Waals surface area (Å²) in [4.78, 5) is 13.5. The van der Waals surface area contributed by atoms with Crippen LogP contribution in [-0.4, -0.2) is 10.9 Å². The number of phenols is 1. The number of rotatable bonds is 4. The van der Waals surface area contributed by atoms with E-state index in [0.29, 0.717) is 26.0 Å². The molecule has 28 heavy (non-hydrogen) atoms. The van der Waals surface area contributed by atoms with Crippen LogP contribution in [0.3, 0.4) is 0 Å². The Morgan fingerprint density at radius 1 is 1.04 bits per heavy atom. The van der Waals surface area contributed by atoms with Crippen molar-refractivity contribution >= 4 is 64.5 Å². The first-order valence-electron chi connectivity index (χ1n) is 9.37. The summed E-state index contributed by atoms with van der Waals surface area (Å²) >= 11 is 10.2. The van der Waals surface area contributed by atoms with E-state index < -0.39 is 0 Å². The van der Waals surface area contributed by atoms with Crippen LogP contribution in [0.15, 0.2) is 48.2 Å². The van der Waals surface area contributed by atoms with Gasteiger partial charge >= 0.3 is 0 Å². The molecule has 0 radical (unpaired) electrons. The lowest BCUT2D eigenvalue weighted by molar-refractivity contribution is 0.103. The monoisotopic (exact) mass is 568 g/mol. The van der Waals surface area contributed by atoms with Crippen LogP contribution in [0.2, 0.25) is 0 Å². The van der Waals surface area contributed by atoms with Crippen LogP contribution in [0, 0.1) is 5.92 Å². The molecular weight excluding hydrogens is 552 g/mol. The lowest BCUT2D eigenvalue weighted by Crippen LogP contribution is -2.12. The minimum atomic E-state index is -0.0935. The van der Waals surface area contributed by atoms with Gasteiger partial charge in [0.1, 0.15) is 17.1 Å². The lowest BCUT2D eigenvalue weighted by Gasteiger charge is -2.20. The van der Waals surface area contributed by atoms with Gasteiger partial charge in [0, 0.05) is 21.8 Å². The SMILES string of the molecule is O=C(c1cc(Br)c(O)c(Br)c1)c1c(CC2CCCCC2)oc2ccc(Br)cc12. The van der Waals surface area contributed by atoms with E-state index in [1.165, 1.54) is 32.1 Å². The van der Waals surface area contributed by atoms with Gasteiger partial charge in [-0.3, -0.25) is 4.79 Å². The number of hydrogen-bond donors (Lipinski definition) is 1. The number of aromatic hydroxyl groups is 1. The topological polar surface area (TPSA) is 50.4 Å². The molecule has 1 aliphatic rings. The Morgan fingerprint density at radius 2 is 1.71 bits per heavy atom. The fourth-order valence-electron chi connectivity index (χ4n) is 4.01. The van der Waals surface area contributed by atoms with Crippen LogP contribution in [0.1, 0.15) is 53.8 Å². The van der Waals surface area contributed by atoms with Crippen LogP contribution >= 0.6 is 47.8 Å². The maximum atomic E-state index is 13.5. The third-order valence-corrected chi connectivity index (χ3v) is 7.13. The first-order chi connectivity index (χ1) is 13.4. The Morgan fingerprint density at radius 3 is 2.39 bits per heavy atom. The van der Waals surface area contributed by atoms with Gasteiger partial charge in [-0.25, -0.2) is 0 Å². The number of phenolic OH excluding ortho intramolecular Hbond substituents is 1. The van der Waals surface area contributed by atoms with Crippen molar-refractivity contribution in [2.75, 3.05) is 0 Å². The number of halogens is 3. The summed E-state index contributed by atoms with van der Waals surface area (Å²) in [6.07, 6.45) is 6.95. The number of ketones is 1. The molecule has 2 aromatic carbocycles. The summed E-state index contributed by atoms with van der Waals surface area (Å²) in [6, 6.07) is 9.09. The summed E-state index contributed by atoms with van der Waals surface area (Å²) in [6.45, 7) is 0. The molecule has 3 nitrogen and oxygen atoms in total. The second-order valence-electron chi connectivity index (χ2n) is 7.37. The summed E-state index contributed by atoms with van der Waals surface area (Å²) in [5, 5.41) is 10.8. The van der Waals surface area contributed by atoms with Crippen LogP contribution in [0.4, 0.5) is 0 Å². The van der Waals surface area contributed by atoms with Crippen molar-refractivity contribution in [1.82, 2.24) is 0 Å². The highest BCUT2D eigenvalue weighted by Gasteiger charge is 2.26. The predicted octanol–water partition coefficient (Wildman–Crippen LogP) is 7.78. The summed E-state index contributed by atoms with van der Waals surface area (Å²) in [5.41, 5.74) is 1.87. The number of carbonyl (C=O) groups is 1. The van der Waals surface area contributed by atoms with E-state index in [2.05, 4.69) is 47.8 Å². The number of carbonyl (C=O) groups excluding carboxylic acids is 1. The van der Waals surface area contributed by atoms with E-state index >= 15 is 0 Å². The molecule has 1 saturated carbocycles. The molecule has 1 aromatic heterocycles. The highest BCUT2D eigenvalue weighted by atomic mass is 79.9. The maximum Gasteiger partial charge on any atom is 0.197 e. The second-order valence-corrected chi connectivity index (χ2v) is 9.99.